The normalized spacial score (nSPS) is 18.2. The van der Waals surface area contributed by atoms with E-state index in [1.165, 1.54) is 11.1 Å². The zero-order chi connectivity index (χ0) is 14.9. The van der Waals surface area contributed by atoms with Crippen LogP contribution in [0.2, 0.25) is 0 Å². The lowest BCUT2D eigenvalue weighted by molar-refractivity contribution is 0.0935. The van der Waals surface area contributed by atoms with Crippen molar-refractivity contribution in [1.82, 2.24) is 4.90 Å². The maximum Gasteiger partial charge on any atom is 0.165 e. The molecule has 0 heterocycles. The van der Waals surface area contributed by atoms with Gasteiger partial charge < -0.3 is 9.64 Å². The van der Waals surface area contributed by atoms with Gasteiger partial charge in [-0.2, -0.15) is 0 Å². The highest BCUT2D eigenvalue weighted by Gasteiger charge is 2.30. The lowest BCUT2D eigenvalue weighted by Gasteiger charge is -2.33. The maximum absolute atomic E-state index is 12.5. The number of ketones is 1. The Morgan fingerprint density at radius 3 is 2.60 bits per heavy atom. The van der Waals surface area contributed by atoms with Crippen LogP contribution < -0.4 is 4.74 Å². The van der Waals surface area contributed by atoms with Gasteiger partial charge in [0.2, 0.25) is 0 Å². The Hall–Kier alpha value is -1.35. The molecule has 110 valence electrons. The van der Waals surface area contributed by atoms with Crippen LogP contribution in [0.25, 0.3) is 0 Å². The van der Waals surface area contributed by atoms with E-state index >= 15 is 0 Å². The first kappa shape index (κ1) is 15.0. The number of carbonyl (C=O) groups excluding carboxylic acids is 1. The van der Waals surface area contributed by atoms with Crippen LogP contribution >= 0.6 is 0 Å². The summed E-state index contributed by atoms with van der Waals surface area (Å²) < 4.78 is 5.51. The molecule has 1 unspecified atom stereocenters. The van der Waals surface area contributed by atoms with Gasteiger partial charge in [-0.15, -0.1) is 0 Å². The van der Waals surface area contributed by atoms with Crippen LogP contribution in [0, 0.1) is 5.92 Å². The first-order valence-electron chi connectivity index (χ1n) is 7.37. The molecule has 0 saturated heterocycles. The summed E-state index contributed by atoms with van der Waals surface area (Å²) in [5.41, 5.74) is 3.30. The van der Waals surface area contributed by atoms with Gasteiger partial charge in [0, 0.05) is 17.5 Å². The monoisotopic (exact) mass is 275 g/mol. The van der Waals surface area contributed by atoms with E-state index in [0.29, 0.717) is 6.04 Å². The van der Waals surface area contributed by atoms with Crippen LogP contribution in [0.15, 0.2) is 12.1 Å². The van der Waals surface area contributed by atoms with Crippen molar-refractivity contribution in [2.75, 3.05) is 21.2 Å². The van der Waals surface area contributed by atoms with Gasteiger partial charge in [-0.25, -0.2) is 0 Å². The minimum atomic E-state index is 0.0252. The predicted octanol–water partition coefficient (Wildman–Crippen LogP) is 3.47. The zero-order valence-corrected chi connectivity index (χ0v) is 13.2. The minimum absolute atomic E-state index is 0.0252. The molecule has 0 bridgehead atoms. The third-order valence-corrected chi connectivity index (χ3v) is 4.18. The quantitative estimate of drug-likeness (QED) is 0.788. The first-order valence-corrected chi connectivity index (χ1v) is 7.37. The molecule has 1 atom stereocenters. The highest BCUT2D eigenvalue weighted by molar-refractivity contribution is 5.99. The van der Waals surface area contributed by atoms with Crippen molar-refractivity contribution in [3.05, 3.63) is 28.8 Å². The van der Waals surface area contributed by atoms with Gasteiger partial charge in [-0.05, 0) is 56.6 Å². The molecule has 1 aliphatic carbocycles. The summed E-state index contributed by atoms with van der Waals surface area (Å²) in [6, 6.07) is 4.21. The van der Waals surface area contributed by atoms with E-state index < -0.39 is 0 Å². The number of carbonyl (C=O) groups is 1. The van der Waals surface area contributed by atoms with Crippen LogP contribution in [0.3, 0.4) is 0 Å². The fourth-order valence-corrected chi connectivity index (χ4v) is 3.13. The second-order valence-electron chi connectivity index (χ2n) is 6.10. The van der Waals surface area contributed by atoms with Gasteiger partial charge in [-0.3, -0.25) is 4.79 Å². The van der Waals surface area contributed by atoms with E-state index in [1.54, 1.807) is 7.11 Å². The number of rotatable bonds is 4. The molecule has 0 N–H and O–H groups in total. The average molecular weight is 275 g/mol. The molecule has 0 amide bonds. The van der Waals surface area contributed by atoms with E-state index in [1.807, 2.05) is 26.0 Å². The number of Topliss-reactive ketones (excluding diaryl/α,β-unsaturated/α-hetero) is 1. The topological polar surface area (TPSA) is 29.5 Å². The summed E-state index contributed by atoms with van der Waals surface area (Å²) in [5, 5.41) is 0. The fourth-order valence-electron chi connectivity index (χ4n) is 3.13. The second kappa shape index (κ2) is 5.96. The van der Waals surface area contributed by atoms with Crippen LogP contribution in [0.1, 0.15) is 54.2 Å². The number of fused-ring (bicyclic) bond motifs is 1. The minimum Gasteiger partial charge on any atom is -0.496 e. The summed E-state index contributed by atoms with van der Waals surface area (Å²) in [4.78, 5) is 14.7. The van der Waals surface area contributed by atoms with Crippen molar-refractivity contribution < 1.29 is 9.53 Å². The predicted molar refractivity (Wildman–Crippen MR) is 81.5 cm³/mol. The summed E-state index contributed by atoms with van der Waals surface area (Å²) in [5.74, 6) is 1.18. The molecule has 0 radical (unpaired) electrons. The molecule has 1 aliphatic rings. The Morgan fingerprint density at radius 1 is 1.35 bits per heavy atom. The zero-order valence-electron chi connectivity index (χ0n) is 13.2. The summed E-state index contributed by atoms with van der Waals surface area (Å²) in [6.07, 6.45) is 3.25. The van der Waals surface area contributed by atoms with E-state index in [9.17, 15) is 4.79 Å². The number of hydrogen-bond acceptors (Lipinski definition) is 3. The molecule has 0 spiro atoms. The van der Waals surface area contributed by atoms with Gasteiger partial charge in [0.05, 0.1) is 7.11 Å². The van der Waals surface area contributed by atoms with Crippen molar-refractivity contribution in [2.24, 2.45) is 5.92 Å². The molecule has 3 nitrogen and oxygen atoms in total. The standard InChI is InChI=1S/C17H25NO2/c1-11(2)17(19)13-9-10-15(20-5)12-7-6-8-14(16(12)13)18(3)4/h9-11,14H,6-8H2,1-5H3. The van der Waals surface area contributed by atoms with Gasteiger partial charge in [0.15, 0.2) is 5.78 Å². The van der Waals surface area contributed by atoms with E-state index in [-0.39, 0.29) is 11.7 Å². The van der Waals surface area contributed by atoms with Crippen molar-refractivity contribution >= 4 is 5.78 Å². The number of ether oxygens (including phenoxy) is 1. The highest BCUT2D eigenvalue weighted by atomic mass is 16.5. The Labute approximate surface area is 121 Å². The van der Waals surface area contributed by atoms with Crippen LogP contribution in [0.4, 0.5) is 0 Å². The van der Waals surface area contributed by atoms with E-state index in [2.05, 4.69) is 19.0 Å². The molecular weight excluding hydrogens is 250 g/mol. The van der Waals surface area contributed by atoms with Crippen LogP contribution in [-0.4, -0.2) is 31.9 Å². The fraction of sp³-hybridized carbons (Fsp3) is 0.588. The molecule has 20 heavy (non-hydrogen) atoms. The van der Waals surface area contributed by atoms with Gasteiger partial charge in [-0.1, -0.05) is 13.8 Å². The SMILES string of the molecule is COc1ccc(C(=O)C(C)C)c2c1CCCC2N(C)C. The molecule has 1 aromatic rings. The summed E-state index contributed by atoms with van der Waals surface area (Å²) in [7, 11) is 5.88. The molecule has 1 aromatic carbocycles. The smallest absolute Gasteiger partial charge is 0.165 e. The highest BCUT2D eigenvalue weighted by Crippen LogP contribution is 2.40. The largest absolute Gasteiger partial charge is 0.496 e. The lowest BCUT2D eigenvalue weighted by Crippen LogP contribution is -2.27. The van der Waals surface area contributed by atoms with Gasteiger partial charge in [0.25, 0.3) is 0 Å². The molecule has 0 aliphatic heterocycles. The molecular formula is C17H25NO2. The number of hydrogen-bond donors (Lipinski definition) is 0. The Balaban J connectivity index is 2.62. The molecule has 0 aromatic heterocycles. The molecule has 2 rings (SSSR count). The van der Waals surface area contributed by atoms with Crippen molar-refractivity contribution in [3.8, 4) is 5.75 Å². The van der Waals surface area contributed by atoms with Crippen LogP contribution in [0.5, 0.6) is 5.75 Å². The number of nitrogens with zero attached hydrogens (tertiary/aromatic N) is 1. The number of benzene rings is 1. The van der Waals surface area contributed by atoms with Crippen molar-refractivity contribution in [2.45, 2.75) is 39.2 Å². The van der Waals surface area contributed by atoms with Gasteiger partial charge >= 0.3 is 0 Å². The van der Waals surface area contributed by atoms with Crippen molar-refractivity contribution in [1.29, 1.82) is 0 Å². The maximum atomic E-state index is 12.5. The molecule has 3 heteroatoms. The Kier molecular flexibility index (Phi) is 4.48. The van der Waals surface area contributed by atoms with Gasteiger partial charge in [0.1, 0.15) is 5.75 Å². The molecule has 0 saturated carbocycles. The Bertz CT molecular complexity index is 506. The van der Waals surface area contributed by atoms with E-state index in [4.69, 9.17) is 4.74 Å². The summed E-state index contributed by atoms with van der Waals surface area (Å²) >= 11 is 0. The third kappa shape index (κ3) is 2.59. The molecule has 0 fully saturated rings. The average Bonchev–Trinajstić information content (AvgIpc) is 2.44. The lowest BCUT2D eigenvalue weighted by atomic mass is 9.81. The van der Waals surface area contributed by atoms with Crippen molar-refractivity contribution in [3.63, 3.8) is 0 Å². The summed E-state index contributed by atoms with van der Waals surface area (Å²) in [6.45, 7) is 3.93. The van der Waals surface area contributed by atoms with E-state index in [0.717, 1.165) is 30.6 Å². The third-order valence-electron chi connectivity index (χ3n) is 4.18. The van der Waals surface area contributed by atoms with Crippen LogP contribution in [-0.2, 0) is 6.42 Å². The number of methoxy groups -OCH3 is 1. The first-order chi connectivity index (χ1) is 9.47. The Morgan fingerprint density at radius 2 is 2.05 bits per heavy atom. The second-order valence-corrected chi connectivity index (χ2v) is 6.10.